The number of carbonyl (C=O) groups is 1. The Morgan fingerprint density at radius 3 is 2.24 bits per heavy atom. The van der Waals surface area contributed by atoms with E-state index in [2.05, 4.69) is 43.6 Å². The average molecular weight is 357 g/mol. The number of piperidine rings is 2. The maximum absolute atomic E-state index is 11.5. The van der Waals surface area contributed by atoms with Crippen molar-refractivity contribution in [2.75, 3.05) is 45.9 Å². The topological polar surface area (TPSA) is 65.6 Å². The van der Waals surface area contributed by atoms with Crippen molar-refractivity contribution in [1.82, 2.24) is 20.9 Å². The SMILES string of the molecule is CCNC1CCN(C(=O)OCC)CC1C.CCNC1CCNCC1C. The summed E-state index contributed by atoms with van der Waals surface area (Å²) in [5.41, 5.74) is 0. The molecule has 0 aromatic rings. The van der Waals surface area contributed by atoms with E-state index in [1.54, 1.807) is 0 Å². The number of nitrogens with zero attached hydrogens (tertiary/aromatic N) is 1. The summed E-state index contributed by atoms with van der Waals surface area (Å²) in [7, 11) is 0. The Morgan fingerprint density at radius 1 is 1.08 bits per heavy atom. The van der Waals surface area contributed by atoms with Crippen LogP contribution >= 0.6 is 0 Å². The van der Waals surface area contributed by atoms with Gasteiger partial charge < -0.3 is 25.6 Å². The highest BCUT2D eigenvalue weighted by Gasteiger charge is 2.28. The number of hydrogen-bond acceptors (Lipinski definition) is 5. The second-order valence-electron chi connectivity index (χ2n) is 7.21. The molecule has 0 spiro atoms. The minimum Gasteiger partial charge on any atom is -0.450 e. The maximum atomic E-state index is 11.5. The molecule has 4 unspecified atom stereocenters. The van der Waals surface area contributed by atoms with Crippen LogP contribution in [-0.2, 0) is 4.74 Å². The summed E-state index contributed by atoms with van der Waals surface area (Å²) in [6, 6.07) is 1.30. The van der Waals surface area contributed by atoms with E-state index in [0.717, 1.165) is 44.6 Å². The van der Waals surface area contributed by atoms with E-state index in [9.17, 15) is 4.79 Å². The largest absolute Gasteiger partial charge is 0.450 e. The van der Waals surface area contributed by atoms with Crippen LogP contribution in [0.25, 0.3) is 0 Å². The van der Waals surface area contributed by atoms with Crippen LogP contribution in [-0.4, -0.2) is 69.0 Å². The maximum Gasteiger partial charge on any atom is 0.409 e. The van der Waals surface area contributed by atoms with Gasteiger partial charge in [-0.25, -0.2) is 4.79 Å². The van der Waals surface area contributed by atoms with Crippen LogP contribution in [0.2, 0.25) is 0 Å². The van der Waals surface area contributed by atoms with Gasteiger partial charge in [0.25, 0.3) is 0 Å². The van der Waals surface area contributed by atoms with Crippen LogP contribution in [0.3, 0.4) is 0 Å². The first kappa shape index (κ1) is 22.2. The monoisotopic (exact) mass is 356 g/mol. The van der Waals surface area contributed by atoms with Gasteiger partial charge in [0.05, 0.1) is 6.61 Å². The normalized spacial score (nSPS) is 29.6. The van der Waals surface area contributed by atoms with Gasteiger partial charge >= 0.3 is 6.09 Å². The van der Waals surface area contributed by atoms with Crippen LogP contribution in [0.1, 0.15) is 47.5 Å². The van der Waals surface area contributed by atoms with E-state index < -0.39 is 0 Å². The van der Waals surface area contributed by atoms with E-state index in [4.69, 9.17) is 4.74 Å². The van der Waals surface area contributed by atoms with Crippen LogP contribution in [0.15, 0.2) is 0 Å². The Hall–Kier alpha value is -0.850. The van der Waals surface area contributed by atoms with Gasteiger partial charge in [-0.2, -0.15) is 0 Å². The zero-order chi connectivity index (χ0) is 18.7. The summed E-state index contributed by atoms with van der Waals surface area (Å²) in [4.78, 5) is 13.3. The first-order valence-electron chi connectivity index (χ1n) is 10.1. The highest BCUT2D eigenvalue weighted by molar-refractivity contribution is 5.67. The van der Waals surface area contributed by atoms with Gasteiger partial charge in [-0.05, 0) is 57.8 Å². The molecule has 1 amide bonds. The predicted molar refractivity (Wildman–Crippen MR) is 104 cm³/mol. The van der Waals surface area contributed by atoms with E-state index in [1.165, 1.54) is 19.5 Å². The minimum atomic E-state index is -0.167. The number of hydrogen-bond donors (Lipinski definition) is 3. The third-order valence-electron chi connectivity index (χ3n) is 5.15. The number of nitrogens with one attached hydrogen (secondary N) is 3. The van der Waals surface area contributed by atoms with E-state index >= 15 is 0 Å². The summed E-state index contributed by atoms with van der Waals surface area (Å²) < 4.78 is 4.99. The number of rotatable bonds is 5. The summed E-state index contributed by atoms with van der Waals surface area (Å²) in [5, 5.41) is 10.3. The van der Waals surface area contributed by atoms with Gasteiger partial charge in [0, 0.05) is 25.2 Å². The molecular weight excluding hydrogens is 316 g/mol. The quantitative estimate of drug-likeness (QED) is 0.704. The molecule has 0 radical (unpaired) electrons. The molecule has 0 aromatic heterocycles. The van der Waals surface area contributed by atoms with Gasteiger partial charge in [0.2, 0.25) is 0 Å². The summed E-state index contributed by atoms with van der Waals surface area (Å²) in [5.74, 6) is 1.30. The van der Waals surface area contributed by atoms with Crippen LogP contribution < -0.4 is 16.0 Å². The summed E-state index contributed by atoms with van der Waals surface area (Å²) >= 11 is 0. The lowest BCUT2D eigenvalue weighted by Gasteiger charge is -2.36. The van der Waals surface area contributed by atoms with E-state index in [-0.39, 0.29) is 6.09 Å². The predicted octanol–water partition coefficient (Wildman–Crippen LogP) is 2.06. The second kappa shape index (κ2) is 12.5. The molecule has 2 aliphatic heterocycles. The molecule has 6 nitrogen and oxygen atoms in total. The second-order valence-corrected chi connectivity index (χ2v) is 7.21. The fourth-order valence-corrected chi connectivity index (χ4v) is 3.67. The molecule has 2 aliphatic rings. The number of carbonyl (C=O) groups excluding carboxylic acids is 1. The lowest BCUT2D eigenvalue weighted by molar-refractivity contribution is 0.0822. The standard InChI is InChI=1S/C11H22N2O2.C8H18N2/c1-4-12-10-6-7-13(8-9(10)3)11(14)15-5-2;1-3-10-8-4-5-9-6-7(8)2/h9-10,12H,4-8H2,1-3H3;7-10H,3-6H2,1-2H3. The Bertz CT molecular complexity index is 365. The first-order chi connectivity index (χ1) is 12.0. The number of ether oxygens (including phenoxy) is 1. The molecule has 2 fully saturated rings. The zero-order valence-corrected chi connectivity index (χ0v) is 16.9. The fourth-order valence-electron chi connectivity index (χ4n) is 3.67. The molecule has 4 atom stereocenters. The molecule has 6 heteroatoms. The molecule has 3 N–H and O–H groups in total. The molecule has 0 bridgehead atoms. The lowest BCUT2D eigenvalue weighted by atomic mass is 9.94. The lowest BCUT2D eigenvalue weighted by Crippen LogP contribution is -2.50. The van der Waals surface area contributed by atoms with Crippen LogP contribution in [0, 0.1) is 11.8 Å². The smallest absolute Gasteiger partial charge is 0.409 e. The van der Waals surface area contributed by atoms with Gasteiger partial charge in [-0.15, -0.1) is 0 Å². The molecule has 0 aliphatic carbocycles. The Labute approximate surface area is 154 Å². The van der Waals surface area contributed by atoms with Crippen molar-refractivity contribution in [2.45, 2.75) is 59.5 Å². The first-order valence-corrected chi connectivity index (χ1v) is 10.1. The Balaban J connectivity index is 0.000000271. The highest BCUT2D eigenvalue weighted by atomic mass is 16.6. The van der Waals surface area contributed by atoms with Crippen LogP contribution in [0.5, 0.6) is 0 Å². The van der Waals surface area contributed by atoms with Crippen molar-refractivity contribution in [3.8, 4) is 0 Å². The van der Waals surface area contributed by atoms with Crippen LogP contribution in [0.4, 0.5) is 4.79 Å². The van der Waals surface area contributed by atoms with Gasteiger partial charge in [-0.3, -0.25) is 0 Å². The minimum absolute atomic E-state index is 0.167. The third-order valence-corrected chi connectivity index (χ3v) is 5.15. The summed E-state index contributed by atoms with van der Waals surface area (Å²) in [6.45, 7) is 17.1. The van der Waals surface area contributed by atoms with Crippen molar-refractivity contribution in [2.24, 2.45) is 11.8 Å². The molecular formula is C19H40N4O2. The molecule has 0 aromatic carbocycles. The number of amides is 1. The molecule has 148 valence electrons. The molecule has 2 heterocycles. The molecule has 0 saturated carbocycles. The Morgan fingerprint density at radius 2 is 1.72 bits per heavy atom. The van der Waals surface area contributed by atoms with E-state index in [1.807, 2.05) is 11.8 Å². The van der Waals surface area contributed by atoms with Crippen molar-refractivity contribution < 1.29 is 9.53 Å². The average Bonchev–Trinajstić information content (AvgIpc) is 2.60. The fraction of sp³-hybridized carbons (Fsp3) is 0.947. The third kappa shape index (κ3) is 7.92. The molecule has 2 saturated heterocycles. The van der Waals surface area contributed by atoms with Crippen molar-refractivity contribution >= 4 is 6.09 Å². The molecule has 2 rings (SSSR count). The Kier molecular flexibility index (Phi) is 11.1. The highest BCUT2D eigenvalue weighted by Crippen LogP contribution is 2.17. The van der Waals surface area contributed by atoms with Gasteiger partial charge in [0.1, 0.15) is 0 Å². The summed E-state index contributed by atoms with van der Waals surface area (Å²) in [6.07, 6.45) is 2.14. The van der Waals surface area contributed by atoms with E-state index in [0.29, 0.717) is 18.6 Å². The molecule has 25 heavy (non-hydrogen) atoms. The van der Waals surface area contributed by atoms with Gasteiger partial charge in [0.15, 0.2) is 0 Å². The number of likely N-dealkylation sites (tertiary alicyclic amines) is 1. The van der Waals surface area contributed by atoms with Crippen molar-refractivity contribution in [3.05, 3.63) is 0 Å². The van der Waals surface area contributed by atoms with Gasteiger partial charge in [-0.1, -0.05) is 27.7 Å². The van der Waals surface area contributed by atoms with Crippen molar-refractivity contribution in [3.63, 3.8) is 0 Å². The van der Waals surface area contributed by atoms with Crippen molar-refractivity contribution in [1.29, 1.82) is 0 Å². The zero-order valence-electron chi connectivity index (χ0n) is 16.9.